The van der Waals surface area contributed by atoms with Crippen molar-refractivity contribution in [1.82, 2.24) is 4.98 Å². The van der Waals surface area contributed by atoms with Crippen LogP contribution in [0.1, 0.15) is 30.6 Å². The Morgan fingerprint density at radius 1 is 1.33 bits per heavy atom. The summed E-state index contributed by atoms with van der Waals surface area (Å²) in [4.78, 5) is 6.49. The summed E-state index contributed by atoms with van der Waals surface area (Å²) in [5, 5.41) is 2.08. The molecule has 0 amide bonds. The van der Waals surface area contributed by atoms with E-state index in [1.54, 1.807) is 11.3 Å². The second kappa shape index (κ2) is 5.98. The molecule has 3 nitrogen and oxygen atoms in total. The molecule has 4 heteroatoms. The Bertz CT molecular complexity index is 464. The van der Waals surface area contributed by atoms with E-state index >= 15 is 0 Å². The van der Waals surface area contributed by atoms with Crippen molar-refractivity contribution in [2.45, 2.75) is 25.9 Å². The van der Waals surface area contributed by atoms with Gasteiger partial charge in [0.1, 0.15) is 0 Å². The molecule has 0 saturated heterocycles. The van der Waals surface area contributed by atoms with E-state index in [0.717, 1.165) is 18.7 Å². The van der Waals surface area contributed by atoms with Gasteiger partial charge >= 0.3 is 0 Å². The number of nitrogens with zero attached hydrogens (tertiary/aromatic N) is 2. The fraction of sp³-hybridized carbons (Fsp3) is 0.357. The molecule has 0 aliphatic rings. The fourth-order valence-corrected chi connectivity index (χ4v) is 2.41. The highest BCUT2D eigenvalue weighted by Gasteiger charge is 2.06. The Hall–Kier alpha value is -1.39. The van der Waals surface area contributed by atoms with Gasteiger partial charge in [0.25, 0.3) is 0 Å². The molecule has 2 N–H and O–H groups in total. The average molecular weight is 261 g/mol. The predicted molar refractivity (Wildman–Crippen MR) is 77.9 cm³/mol. The number of aromatic nitrogens is 1. The van der Waals surface area contributed by atoms with Crippen molar-refractivity contribution in [3.63, 3.8) is 0 Å². The van der Waals surface area contributed by atoms with E-state index in [1.165, 1.54) is 11.3 Å². The Morgan fingerprint density at radius 3 is 2.61 bits per heavy atom. The van der Waals surface area contributed by atoms with Crippen LogP contribution in [-0.2, 0) is 6.54 Å². The summed E-state index contributed by atoms with van der Waals surface area (Å²) in [6, 6.07) is 8.61. The topological polar surface area (TPSA) is 42.1 Å². The zero-order valence-corrected chi connectivity index (χ0v) is 11.7. The molecule has 18 heavy (non-hydrogen) atoms. The van der Waals surface area contributed by atoms with Gasteiger partial charge in [0.05, 0.1) is 17.7 Å². The van der Waals surface area contributed by atoms with Gasteiger partial charge in [0.15, 0.2) is 0 Å². The smallest absolute Gasteiger partial charge is 0.0795 e. The summed E-state index contributed by atoms with van der Waals surface area (Å²) in [5.41, 5.74) is 11.4. The first-order valence-electron chi connectivity index (χ1n) is 6.14. The molecule has 0 spiro atoms. The predicted octanol–water partition coefficient (Wildman–Crippen LogP) is 3.19. The molecule has 1 atom stereocenters. The average Bonchev–Trinajstić information content (AvgIpc) is 2.91. The lowest BCUT2D eigenvalue weighted by Crippen LogP contribution is -2.16. The largest absolute Gasteiger partial charge is 0.369 e. The van der Waals surface area contributed by atoms with Crippen molar-refractivity contribution in [3.05, 3.63) is 46.4 Å². The summed E-state index contributed by atoms with van der Waals surface area (Å²) in [6.45, 7) is 2.94. The van der Waals surface area contributed by atoms with Crippen molar-refractivity contribution in [1.29, 1.82) is 0 Å². The minimum atomic E-state index is 0.142. The van der Waals surface area contributed by atoms with Gasteiger partial charge in [-0.05, 0) is 24.1 Å². The molecular formula is C14H19N3S. The summed E-state index contributed by atoms with van der Waals surface area (Å²) in [7, 11) is 2.08. The van der Waals surface area contributed by atoms with Crippen LogP contribution in [0, 0.1) is 0 Å². The van der Waals surface area contributed by atoms with Crippen LogP contribution in [0.25, 0.3) is 0 Å². The lowest BCUT2D eigenvalue weighted by Gasteiger charge is -2.19. The normalized spacial score (nSPS) is 12.4. The third-order valence-electron chi connectivity index (χ3n) is 3.08. The van der Waals surface area contributed by atoms with Crippen LogP contribution in [0.2, 0.25) is 0 Å². The quantitative estimate of drug-likeness (QED) is 0.898. The number of nitrogens with two attached hydrogens (primary N) is 1. The molecular weight excluding hydrogens is 242 g/mol. The highest BCUT2D eigenvalue weighted by atomic mass is 32.1. The third-order valence-corrected chi connectivity index (χ3v) is 3.72. The van der Waals surface area contributed by atoms with Gasteiger partial charge in [-0.1, -0.05) is 19.1 Å². The maximum atomic E-state index is 6.01. The molecule has 1 aromatic heterocycles. The van der Waals surface area contributed by atoms with Crippen molar-refractivity contribution in [2.75, 3.05) is 11.9 Å². The number of hydrogen-bond donors (Lipinski definition) is 1. The summed E-state index contributed by atoms with van der Waals surface area (Å²) in [5.74, 6) is 0. The van der Waals surface area contributed by atoms with Crippen molar-refractivity contribution in [3.8, 4) is 0 Å². The molecule has 0 aliphatic heterocycles. The molecule has 1 heterocycles. The van der Waals surface area contributed by atoms with E-state index in [2.05, 4.69) is 53.5 Å². The van der Waals surface area contributed by atoms with E-state index in [0.29, 0.717) is 0 Å². The zero-order valence-electron chi connectivity index (χ0n) is 10.8. The highest BCUT2D eigenvalue weighted by Crippen LogP contribution is 2.20. The van der Waals surface area contributed by atoms with Crippen molar-refractivity contribution in [2.24, 2.45) is 5.73 Å². The molecule has 0 radical (unpaired) electrons. The maximum absolute atomic E-state index is 6.01. The minimum absolute atomic E-state index is 0.142. The van der Waals surface area contributed by atoms with Crippen molar-refractivity contribution < 1.29 is 0 Å². The van der Waals surface area contributed by atoms with Gasteiger partial charge in [0, 0.05) is 24.2 Å². The third kappa shape index (κ3) is 3.09. The number of rotatable bonds is 5. The van der Waals surface area contributed by atoms with Crippen LogP contribution in [0.4, 0.5) is 5.69 Å². The van der Waals surface area contributed by atoms with Crippen LogP contribution in [-0.4, -0.2) is 12.0 Å². The van der Waals surface area contributed by atoms with Crippen LogP contribution in [0.5, 0.6) is 0 Å². The Kier molecular flexibility index (Phi) is 4.33. The zero-order chi connectivity index (χ0) is 13.0. The number of benzene rings is 1. The molecule has 2 aromatic rings. The van der Waals surface area contributed by atoms with Crippen molar-refractivity contribution >= 4 is 17.0 Å². The van der Waals surface area contributed by atoms with Gasteiger partial charge in [-0.3, -0.25) is 0 Å². The lowest BCUT2D eigenvalue weighted by atomic mass is 10.1. The van der Waals surface area contributed by atoms with Gasteiger partial charge in [-0.15, -0.1) is 11.3 Å². The molecule has 0 aliphatic carbocycles. The maximum Gasteiger partial charge on any atom is 0.0795 e. The molecule has 0 bridgehead atoms. The van der Waals surface area contributed by atoms with E-state index < -0.39 is 0 Å². The SMILES string of the molecule is CC[C@H](N)c1ccc(N(C)Cc2cscn2)cc1. The molecule has 2 rings (SSSR count). The standard InChI is InChI=1S/C14H19N3S/c1-3-14(15)11-4-6-13(7-5-11)17(2)8-12-9-18-10-16-12/h4-7,9-10,14H,3,8,15H2,1-2H3/t14-/m0/s1. The fourth-order valence-electron chi connectivity index (χ4n) is 1.86. The summed E-state index contributed by atoms with van der Waals surface area (Å²) >= 11 is 1.63. The molecule has 0 fully saturated rings. The van der Waals surface area contributed by atoms with Crippen LogP contribution >= 0.6 is 11.3 Å². The number of hydrogen-bond acceptors (Lipinski definition) is 4. The van der Waals surface area contributed by atoms with Gasteiger partial charge in [0.2, 0.25) is 0 Å². The summed E-state index contributed by atoms with van der Waals surface area (Å²) in [6.07, 6.45) is 0.966. The minimum Gasteiger partial charge on any atom is -0.369 e. The Labute approximate surface area is 112 Å². The van der Waals surface area contributed by atoms with Gasteiger partial charge in [-0.25, -0.2) is 4.98 Å². The van der Waals surface area contributed by atoms with Gasteiger partial charge in [-0.2, -0.15) is 0 Å². The number of thiazole rings is 1. The lowest BCUT2D eigenvalue weighted by molar-refractivity contribution is 0.698. The van der Waals surface area contributed by atoms with E-state index in [4.69, 9.17) is 5.73 Å². The van der Waals surface area contributed by atoms with E-state index in [-0.39, 0.29) is 6.04 Å². The van der Waals surface area contributed by atoms with E-state index in [1.807, 2.05) is 5.51 Å². The Morgan fingerprint density at radius 2 is 2.06 bits per heavy atom. The molecule has 96 valence electrons. The monoisotopic (exact) mass is 261 g/mol. The highest BCUT2D eigenvalue weighted by molar-refractivity contribution is 7.07. The second-order valence-electron chi connectivity index (χ2n) is 4.44. The first-order valence-corrected chi connectivity index (χ1v) is 7.08. The molecule has 0 unspecified atom stereocenters. The molecule has 0 saturated carbocycles. The van der Waals surface area contributed by atoms with Crippen LogP contribution < -0.4 is 10.6 Å². The van der Waals surface area contributed by atoms with Crippen LogP contribution in [0.15, 0.2) is 35.2 Å². The number of anilines is 1. The first-order chi connectivity index (χ1) is 8.70. The van der Waals surface area contributed by atoms with Gasteiger partial charge < -0.3 is 10.6 Å². The molecule has 1 aromatic carbocycles. The van der Waals surface area contributed by atoms with Crippen LogP contribution in [0.3, 0.4) is 0 Å². The van der Waals surface area contributed by atoms with E-state index in [9.17, 15) is 0 Å². The summed E-state index contributed by atoms with van der Waals surface area (Å²) < 4.78 is 0. The second-order valence-corrected chi connectivity index (χ2v) is 5.16. The Balaban J connectivity index is 2.04. The first kappa shape index (κ1) is 13.1.